The predicted molar refractivity (Wildman–Crippen MR) is 41.8 cm³/mol. The van der Waals surface area contributed by atoms with Gasteiger partial charge < -0.3 is 15.4 Å². The van der Waals surface area contributed by atoms with Crippen molar-refractivity contribution in [2.45, 2.75) is 6.42 Å². The first-order valence-electron chi connectivity index (χ1n) is 3.49. The fourth-order valence-corrected chi connectivity index (χ4v) is 0.898. The molecule has 10 heavy (non-hydrogen) atoms. The summed E-state index contributed by atoms with van der Waals surface area (Å²) in [7, 11) is 3.96. The lowest BCUT2D eigenvalue weighted by Crippen LogP contribution is -2.27. The van der Waals surface area contributed by atoms with Crippen molar-refractivity contribution in [2.75, 3.05) is 27.2 Å². The third-order valence-electron chi connectivity index (χ3n) is 1.39. The highest BCUT2D eigenvalue weighted by molar-refractivity contribution is 5.49. The molecule has 0 bridgehead atoms. The lowest BCUT2D eigenvalue weighted by molar-refractivity contribution is -0.108. The topological polar surface area (TPSA) is 46.3 Å². The quantitative estimate of drug-likeness (QED) is 0.539. The highest BCUT2D eigenvalue weighted by Gasteiger charge is 2.05. The molecule has 0 aliphatic carbocycles. The number of carbonyl (C=O) groups is 1. The molecule has 0 saturated heterocycles. The average molecular weight is 144 g/mol. The largest absolute Gasteiger partial charge is 0.330 e. The van der Waals surface area contributed by atoms with Crippen molar-refractivity contribution in [3.63, 3.8) is 0 Å². The molecule has 0 aliphatic heterocycles. The Morgan fingerprint density at radius 1 is 1.60 bits per heavy atom. The molecule has 0 aromatic carbocycles. The zero-order chi connectivity index (χ0) is 7.98. The van der Waals surface area contributed by atoms with Gasteiger partial charge >= 0.3 is 0 Å². The van der Waals surface area contributed by atoms with Crippen molar-refractivity contribution >= 4 is 6.29 Å². The van der Waals surface area contributed by atoms with E-state index in [0.717, 1.165) is 12.8 Å². The Labute approximate surface area is 62.2 Å². The fraction of sp³-hybridized carbons (Fsp3) is 0.857. The van der Waals surface area contributed by atoms with E-state index in [9.17, 15) is 4.79 Å². The average Bonchev–Trinajstić information content (AvgIpc) is 1.86. The van der Waals surface area contributed by atoms with Gasteiger partial charge in [0.05, 0.1) is 0 Å². The van der Waals surface area contributed by atoms with Crippen LogP contribution in [0.25, 0.3) is 0 Å². The Morgan fingerprint density at radius 3 is 2.50 bits per heavy atom. The maximum atomic E-state index is 10.1. The van der Waals surface area contributed by atoms with Crippen molar-refractivity contribution in [3.8, 4) is 0 Å². The first-order valence-corrected chi connectivity index (χ1v) is 3.49. The number of carbonyl (C=O) groups excluding carboxylic acids is 1. The molecule has 3 heteroatoms. The van der Waals surface area contributed by atoms with Crippen molar-refractivity contribution in [1.82, 2.24) is 4.90 Å². The van der Waals surface area contributed by atoms with E-state index in [1.165, 1.54) is 0 Å². The van der Waals surface area contributed by atoms with Gasteiger partial charge in [0.1, 0.15) is 6.29 Å². The smallest absolute Gasteiger partial charge is 0.120 e. The SMILES string of the molecule is CN(C)C[C@@H](CN)CC=O. The van der Waals surface area contributed by atoms with E-state index < -0.39 is 0 Å². The second-order valence-corrected chi connectivity index (χ2v) is 2.77. The minimum absolute atomic E-state index is 0.326. The van der Waals surface area contributed by atoms with Gasteiger partial charge in [-0.25, -0.2) is 0 Å². The summed E-state index contributed by atoms with van der Waals surface area (Å²) in [6, 6.07) is 0. The van der Waals surface area contributed by atoms with Crippen LogP contribution in [0.2, 0.25) is 0 Å². The molecule has 0 spiro atoms. The molecule has 0 rings (SSSR count). The van der Waals surface area contributed by atoms with E-state index in [4.69, 9.17) is 5.73 Å². The van der Waals surface area contributed by atoms with Crippen LogP contribution in [0.15, 0.2) is 0 Å². The van der Waals surface area contributed by atoms with Gasteiger partial charge in [0.25, 0.3) is 0 Å². The molecule has 1 atom stereocenters. The summed E-state index contributed by atoms with van der Waals surface area (Å²) in [6.45, 7) is 1.49. The minimum atomic E-state index is 0.326. The lowest BCUT2D eigenvalue weighted by Gasteiger charge is -2.16. The van der Waals surface area contributed by atoms with Crippen LogP contribution in [0.3, 0.4) is 0 Å². The monoisotopic (exact) mass is 144 g/mol. The second kappa shape index (κ2) is 5.38. The number of rotatable bonds is 5. The molecule has 0 fully saturated rings. The molecular weight excluding hydrogens is 128 g/mol. The molecule has 0 aromatic rings. The first kappa shape index (κ1) is 9.59. The van der Waals surface area contributed by atoms with Gasteiger partial charge in [-0.3, -0.25) is 0 Å². The van der Waals surface area contributed by atoms with Crippen LogP contribution in [-0.2, 0) is 4.79 Å². The molecular formula is C7H16N2O. The normalized spacial score (nSPS) is 13.6. The Bertz CT molecular complexity index is 93.6. The van der Waals surface area contributed by atoms with Crippen LogP contribution in [-0.4, -0.2) is 38.4 Å². The van der Waals surface area contributed by atoms with E-state index in [-0.39, 0.29) is 0 Å². The van der Waals surface area contributed by atoms with E-state index in [0.29, 0.717) is 18.9 Å². The van der Waals surface area contributed by atoms with E-state index in [1.807, 2.05) is 19.0 Å². The Hall–Kier alpha value is -0.410. The van der Waals surface area contributed by atoms with E-state index in [1.54, 1.807) is 0 Å². The second-order valence-electron chi connectivity index (χ2n) is 2.77. The van der Waals surface area contributed by atoms with Crippen molar-refractivity contribution < 1.29 is 4.79 Å². The van der Waals surface area contributed by atoms with E-state index in [2.05, 4.69) is 0 Å². The zero-order valence-corrected chi connectivity index (χ0v) is 6.71. The minimum Gasteiger partial charge on any atom is -0.330 e. The van der Waals surface area contributed by atoms with E-state index >= 15 is 0 Å². The molecule has 3 nitrogen and oxygen atoms in total. The zero-order valence-electron chi connectivity index (χ0n) is 6.71. The number of hydrogen-bond acceptors (Lipinski definition) is 3. The molecule has 60 valence electrons. The van der Waals surface area contributed by atoms with Crippen LogP contribution >= 0.6 is 0 Å². The molecule has 0 heterocycles. The molecule has 0 radical (unpaired) electrons. The first-order chi connectivity index (χ1) is 4.70. The van der Waals surface area contributed by atoms with Gasteiger partial charge in [0.15, 0.2) is 0 Å². The number of nitrogens with two attached hydrogens (primary N) is 1. The van der Waals surface area contributed by atoms with Gasteiger partial charge in [-0.05, 0) is 26.6 Å². The molecule has 0 aromatic heterocycles. The Balaban J connectivity index is 3.48. The third-order valence-corrected chi connectivity index (χ3v) is 1.39. The molecule has 0 amide bonds. The van der Waals surface area contributed by atoms with Gasteiger partial charge in [0, 0.05) is 13.0 Å². The summed E-state index contributed by atoms with van der Waals surface area (Å²) < 4.78 is 0. The maximum Gasteiger partial charge on any atom is 0.120 e. The fourth-order valence-electron chi connectivity index (χ4n) is 0.898. The third kappa shape index (κ3) is 4.47. The summed E-state index contributed by atoms with van der Waals surface area (Å²) in [4.78, 5) is 12.1. The number of hydrogen-bond donors (Lipinski definition) is 1. The maximum absolute atomic E-state index is 10.1. The molecule has 0 saturated carbocycles. The molecule has 0 aliphatic rings. The highest BCUT2D eigenvalue weighted by atomic mass is 16.1. The van der Waals surface area contributed by atoms with Gasteiger partial charge in [-0.1, -0.05) is 0 Å². The predicted octanol–water partition coefficient (Wildman–Crippen LogP) is -0.288. The summed E-state index contributed by atoms with van der Waals surface area (Å²) in [5, 5.41) is 0. The van der Waals surface area contributed by atoms with Crippen molar-refractivity contribution in [3.05, 3.63) is 0 Å². The van der Waals surface area contributed by atoms with Crippen LogP contribution in [0.4, 0.5) is 0 Å². The molecule has 2 N–H and O–H groups in total. The summed E-state index contributed by atoms with van der Waals surface area (Å²) in [5.41, 5.74) is 5.42. The summed E-state index contributed by atoms with van der Waals surface area (Å²) in [6.07, 6.45) is 1.51. The van der Waals surface area contributed by atoms with Crippen molar-refractivity contribution in [2.24, 2.45) is 11.7 Å². The summed E-state index contributed by atoms with van der Waals surface area (Å²) in [5.74, 6) is 0.326. The van der Waals surface area contributed by atoms with Crippen LogP contribution < -0.4 is 5.73 Å². The van der Waals surface area contributed by atoms with Crippen LogP contribution in [0.5, 0.6) is 0 Å². The van der Waals surface area contributed by atoms with Crippen LogP contribution in [0.1, 0.15) is 6.42 Å². The lowest BCUT2D eigenvalue weighted by atomic mass is 10.1. The Kier molecular flexibility index (Phi) is 5.16. The van der Waals surface area contributed by atoms with Gasteiger partial charge in [-0.15, -0.1) is 0 Å². The van der Waals surface area contributed by atoms with Crippen molar-refractivity contribution in [1.29, 1.82) is 0 Å². The molecule has 0 unspecified atom stereocenters. The Morgan fingerprint density at radius 2 is 2.20 bits per heavy atom. The summed E-state index contributed by atoms with van der Waals surface area (Å²) >= 11 is 0. The standard InChI is InChI=1S/C7H16N2O/c1-9(2)6-7(5-8)3-4-10/h4,7H,3,5-6,8H2,1-2H3/t7-/m1/s1. The van der Waals surface area contributed by atoms with Gasteiger partial charge in [0.2, 0.25) is 0 Å². The van der Waals surface area contributed by atoms with Crippen LogP contribution in [0, 0.1) is 5.92 Å². The number of nitrogens with zero attached hydrogens (tertiary/aromatic N) is 1. The highest BCUT2D eigenvalue weighted by Crippen LogP contribution is 1.98. The number of aldehydes is 1. The van der Waals surface area contributed by atoms with Gasteiger partial charge in [-0.2, -0.15) is 0 Å².